The lowest BCUT2D eigenvalue weighted by atomic mass is 10.1. The van der Waals surface area contributed by atoms with E-state index in [2.05, 4.69) is 5.32 Å². The number of amides is 1. The van der Waals surface area contributed by atoms with Crippen molar-refractivity contribution in [3.63, 3.8) is 0 Å². The number of nitrogens with one attached hydrogen (secondary N) is 1. The van der Waals surface area contributed by atoms with E-state index in [1.54, 1.807) is 42.5 Å². The van der Waals surface area contributed by atoms with Crippen molar-refractivity contribution in [3.05, 3.63) is 93.3 Å². The van der Waals surface area contributed by atoms with Crippen LogP contribution in [0.25, 0.3) is 11.8 Å². The van der Waals surface area contributed by atoms with Gasteiger partial charge in [-0.15, -0.1) is 0 Å². The molecule has 7 heteroatoms. The topological polar surface area (TPSA) is 101 Å². The van der Waals surface area contributed by atoms with Gasteiger partial charge in [0.05, 0.1) is 4.92 Å². The van der Waals surface area contributed by atoms with Crippen LogP contribution in [0.4, 0.5) is 11.4 Å². The monoisotopic (exact) mass is 386 g/mol. The number of hydrogen-bond acceptors (Lipinski definition) is 4. The second-order valence-electron chi connectivity index (χ2n) is 6.43. The van der Waals surface area contributed by atoms with Crippen molar-refractivity contribution in [3.8, 4) is 11.8 Å². The zero-order valence-corrected chi connectivity index (χ0v) is 15.9. The number of carbonyl (C=O) groups is 1. The summed E-state index contributed by atoms with van der Waals surface area (Å²) >= 11 is 0. The highest BCUT2D eigenvalue weighted by atomic mass is 16.6. The van der Waals surface area contributed by atoms with E-state index in [0.29, 0.717) is 5.69 Å². The fourth-order valence-corrected chi connectivity index (χ4v) is 3.08. The summed E-state index contributed by atoms with van der Waals surface area (Å²) in [7, 11) is 0. The molecule has 0 fully saturated rings. The summed E-state index contributed by atoms with van der Waals surface area (Å²) in [4.78, 5) is 22.9. The number of nitrogens with zero attached hydrogens (tertiary/aromatic N) is 3. The molecule has 7 nitrogen and oxygen atoms in total. The van der Waals surface area contributed by atoms with Crippen molar-refractivity contribution in [1.82, 2.24) is 4.57 Å². The smallest absolute Gasteiger partial charge is 0.269 e. The Balaban J connectivity index is 1.93. The Bertz CT molecular complexity index is 1140. The van der Waals surface area contributed by atoms with Gasteiger partial charge in [-0.2, -0.15) is 5.26 Å². The molecule has 0 saturated heterocycles. The molecule has 29 heavy (non-hydrogen) atoms. The first kappa shape index (κ1) is 19.6. The third-order valence-electron chi connectivity index (χ3n) is 4.49. The van der Waals surface area contributed by atoms with Crippen LogP contribution in [0.15, 0.2) is 66.2 Å². The van der Waals surface area contributed by atoms with Gasteiger partial charge in [0, 0.05) is 34.9 Å². The molecule has 0 radical (unpaired) electrons. The predicted octanol–water partition coefficient (Wildman–Crippen LogP) is 4.55. The molecular weight excluding hydrogens is 368 g/mol. The van der Waals surface area contributed by atoms with Crippen LogP contribution in [0, 0.1) is 35.3 Å². The zero-order chi connectivity index (χ0) is 21.0. The Morgan fingerprint density at radius 1 is 1.14 bits per heavy atom. The molecule has 0 bridgehead atoms. The normalized spacial score (nSPS) is 11.0. The maximum Gasteiger partial charge on any atom is 0.269 e. The van der Waals surface area contributed by atoms with E-state index in [-0.39, 0.29) is 11.3 Å². The summed E-state index contributed by atoms with van der Waals surface area (Å²) in [5.41, 5.74) is 3.78. The number of para-hydroxylation sites is 1. The van der Waals surface area contributed by atoms with Crippen LogP contribution < -0.4 is 5.32 Å². The molecule has 0 atom stereocenters. The molecule has 1 N–H and O–H groups in total. The Hall–Kier alpha value is -4.18. The maximum atomic E-state index is 12.4. The first-order valence-corrected chi connectivity index (χ1v) is 8.82. The Morgan fingerprint density at radius 3 is 2.38 bits per heavy atom. The lowest BCUT2D eigenvalue weighted by Crippen LogP contribution is -2.13. The first-order chi connectivity index (χ1) is 13.9. The molecule has 1 aromatic heterocycles. The van der Waals surface area contributed by atoms with Crippen LogP contribution in [0.3, 0.4) is 0 Å². The van der Waals surface area contributed by atoms with Gasteiger partial charge in [-0.05, 0) is 55.8 Å². The molecule has 3 rings (SSSR count). The molecular formula is C22H18N4O3. The molecule has 0 aliphatic carbocycles. The van der Waals surface area contributed by atoms with E-state index in [0.717, 1.165) is 22.6 Å². The highest BCUT2D eigenvalue weighted by Gasteiger charge is 2.14. The number of non-ortho nitro benzene ring substituents is 1. The molecule has 0 aliphatic heterocycles. The number of nitriles is 1. The lowest BCUT2D eigenvalue weighted by Gasteiger charge is -2.09. The van der Waals surface area contributed by atoms with Crippen molar-refractivity contribution < 1.29 is 9.72 Å². The summed E-state index contributed by atoms with van der Waals surface area (Å²) < 4.78 is 1.92. The number of aryl methyl sites for hydroxylation is 1. The van der Waals surface area contributed by atoms with E-state index in [4.69, 9.17) is 0 Å². The molecule has 2 aromatic carbocycles. The summed E-state index contributed by atoms with van der Waals surface area (Å²) in [5.74, 6) is -0.487. The number of hydrogen-bond donors (Lipinski definition) is 1. The summed E-state index contributed by atoms with van der Waals surface area (Å²) in [6.45, 7) is 3.76. The fourth-order valence-electron chi connectivity index (χ4n) is 3.08. The Morgan fingerprint density at radius 2 is 1.79 bits per heavy atom. The standard InChI is InChI=1S/C22H18N4O3/c1-15-12-17(13-18(14-23)22(27)24-19-6-4-3-5-7-19)16(2)25(15)20-8-10-21(11-9-20)26(28)29/h3-13H,1-2H3,(H,24,27)/b18-13+. The average molecular weight is 386 g/mol. The maximum absolute atomic E-state index is 12.4. The fraction of sp³-hybridized carbons (Fsp3) is 0.0909. The number of benzene rings is 2. The average Bonchev–Trinajstić information content (AvgIpc) is 2.99. The van der Waals surface area contributed by atoms with Crippen molar-refractivity contribution in [2.24, 2.45) is 0 Å². The minimum absolute atomic E-state index is 0.0145. The van der Waals surface area contributed by atoms with Gasteiger partial charge in [0.25, 0.3) is 11.6 Å². The third-order valence-corrected chi connectivity index (χ3v) is 4.49. The van der Waals surface area contributed by atoms with Crippen molar-refractivity contribution >= 4 is 23.4 Å². The van der Waals surface area contributed by atoms with Gasteiger partial charge in [0.2, 0.25) is 0 Å². The highest BCUT2D eigenvalue weighted by molar-refractivity contribution is 6.09. The molecule has 1 amide bonds. The number of aromatic nitrogens is 1. The van der Waals surface area contributed by atoms with Gasteiger partial charge in [-0.1, -0.05) is 18.2 Å². The van der Waals surface area contributed by atoms with Crippen LogP contribution >= 0.6 is 0 Å². The van der Waals surface area contributed by atoms with Gasteiger partial charge in [-0.3, -0.25) is 14.9 Å². The van der Waals surface area contributed by atoms with E-state index in [1.807, 2.05) is 36.6 Å². The third kappa shape index (κ3) is 4.22. The van der Waals surface area contributed by atoms with E-state index in [9.17, 15) is 20.2 Å². The van der Waals surface area contributed by atoms with E-state index in [1.165, 1.54) is 12.1 Å². The number of nitro groups is 1. The van der Waals surface area contributed by atoms with Crippen molar-refractivity contribution in [2.75, 3.05) is 5.32 Å². The SMILES string of the molecule is Cc1cc(/C=C(\C#N)C(=O)Nc2ccccc2)c(C)n1-c1ccc([N+](=O)[O-])cc1. The highest BCUT2D eigenvalue weighted by Crippen LogP contribution is 2.24. The molecule has 0 aliphatic rings. The van der Waals surface area contributed by atoms with Gasteiger partial charge in [0.1, 0.15) is 11.6 Å². The molecule has 0 saturated carbocycles. The summed E-state index contributed by atoms with van der Waals surface area (Å²) in [6.07, 6.45) is 1.54. The number of nitro benzene ring substituents is 1. The largest absolute Gasteiger partial charge is 0.321 e. The van der Waals surface area contributed by atoms with Crippen LogP contribution in [-0.4, -0.2) is 15.4 Å². The Labute approximate surface area is 167 Å². The lowest BCUT2D eigenvalue weighted by molar-refractivity contribution is -0.384. The van der Waals surface area contributed by atoms with Crippen molar-refractivity contribution in [2.45, 2.75) is 13.8 Å². The van der Waals surface area contributed by atoms with Gasteiger partial charge in [-0.25, -0.2) is 0 Å². The predicted molar refractivity (Wildman–Crippen MR) is 111 cm³/mol. The molecule has 0 spiro atoms. The number of rotatable bonds is 5. The summed E-state index contributed by atoms with van der Waals surface area (Å²) in [5, 5.41) is 23.0. The second-order valence-corrected chi connectivity index (χ2v) is 6.43. The number of anilines is 1. The quantitative estimate of drug-likeness (QED) is 0.301. The zero-order valence-electron chi connectivity index (χ0n) is 15.9. The number of carbonyl (C=O) groups excluding carboxylic acids is 1. The molecule has 144 valence electrons. The second kappa shape index (κ2) is 8.23. The van der Waals surface area contributed by atoms with Gasteiger partial charge >= 0.3 is 0 Å². The molecule has 0 unspecified atom stereocenters. The van der Waals surface area contributed by atoms with Crippen LogP contribution in [0.5, 0.6) is 0 Å². The Kier molecular flexibility index (Phi) is 5.56. The van der Waals surface area contributed by atoms with E-state index < -0.39 is 10.8 Å². The van der Waals surface area contributed by atoms with E-state index >= 15 is 0 Å². The van der Waals surface area contributed by atoms with Gasteiger partial charge < -0.3 is 9.88 Å². The first-order valence-electron chi connectivity index (χ1n) is 8.82. The van der Waals surface area contributed by atoms with Crippen LogP contribution in [-0.2, 0) is 4.79 Å². The molecule has 3 aromatic rings. The van der Waals surface area contributed by atoms with Crippen LogP contribution in [0.2, 0.25) is 0 Å². The van der Waals surface area contributed by atoms with Crippen molar-refractivity contribution in [1.29, 1.82) is 5.26 Å². The minimum atomic E-state index is -0.487. The van der Waals surface area contributed by atoms with Gasteiger partial charge in [0.15, 0.2) is 0 Å². The molecule has 1 heterocycles. The minimum Gasteiger partial charge on any atom is -0.321 e. The van der Waals surface area contributed by atoms with Crippen LogP contribution in [0.1, 0.15) is 17.0 Å². The summed E-state index contributed by atoms with van der Waals surface area (Å²) in [6, 6.07) is 18.9.